The normalized spacial score (nSPS) is 10.6. The van der Waals surface area contributed by atoms with Crippen LogP contribution in [0.4, 0.5) is 5.82 Å². The smallest absolute Gasteiger partial charge is 0.344 e. The number of esters is 1. The van der Waals surface area contributed by atoms with E-state index in [9.17, 15) is 14.4 Å². The van der Waals surface area contributed by atoms with Crippen LogP contribution in [-0.2, 0) is 14.3 Å². The van der Waals surface area contributed by atoms with Crippen LogP contribution < -0.4 is 15.7 Å². The number of aryl methyl sites for hydroxylation is 1. The molecule has 2 heterocycles. The lowest BCUT2D eigenvalue weighted by Crippen LogP contribution is -2.24. The van der Waals surface area contributed by atoms with Gasteiger partial charge in [-0.05, 0) is 30.7 Å². The maximum atomic E-state index is 11.8. The number of amides is 1. The van der Waals surface area contributed by atoms with E-state index >= 15 is 0 Å². The van der Waals surface area contributed by atoms with Gasteiger partial charge in [0.05, 0.1) is 10.0 Å². The van der Waals surface area contributed by atoms with Crippen molar-refractivity contribution in [2.45, 2.75) is 6.92 Å². The number of benzene rings is 1. The highest BCUT2D eigenvalue weighted by atomic mass is 35.5. The molecule has 29 heavy (non-hydrogen) atoms. The zero-order chi connectivity index (χ0) is 21.0. The fraction of sp³-hybridized carbons (Fsp3) is 0.158. The Bertz CT molecular complexity index is 1150. The zero-order valence-electron chi connectivity index (χ0n) is 15.0. The summed E-state index contributed by atoms with van der Waals surface area (Å²) in [4.78, 5) is 39.0. The van der Waals surface area contributed by atoms with Crippen LogP contribution in [0, 0.1) is 6.92 Å². The second-order valence-electron chi connectivity index (χ2n) is 5.89. The molecule has 2 aromatic heterocycles. The maximum Gasteiger partial charge on any atom is 0.344 e. The molecule has 0 bridgehead atoms. The second-order valence-corrected chi connectivity index (χ2v) is 6.73. The van der Waals surface area contributed by atoms with E-state index in [0.29, 0.717) is 16.4 Å². The molecule has 3 aromatic rings. The molecule has 0 unspecified atom stereocenters. The number of fused-ring (bicyclic) bond motifs is 1. The van der Waals surface area contributed by atoms with Gasteiger partial charge in [-0.25, -0.2) is 14.6 Å². The van der Waals surface area contributed by atoms with Crippen molar-refractivity contribution >= 4 is 51.9 Å². The Morgan fingerprint density at radius 1 is 1.17 bits per heavy atom. The predicted octanol–water partition coefficient (Wildman–Crippen LogP) is 3.36. The molecule has 0 aliphatic rings. The van der Waals surface area contributed by atoms with E-state index in [2.05, 4.69) is 10.3 Å². The summed E-state index contributed by atoms with van der Waals surface area (Å²) in [5.74, 6) is -0.981. The molecule has 3 rings (SSSR count). The first-order valence-corrected chi connectivity index (χ1v) is 9.01. The number of aromatic nitrogens is 1. The summed E-state index contributed by atoms with van der Waals surface area (Å²) >= 11 is 11.6. The minimum atomic E-state index is -0.763. The van der Waals surface area contributed by atoms with E-state index in [1.54, 1.807) is 19.1 Å². The largest absolute Gasteiger partial charge is 0.482 e. The van der Waals surface area contributed by atoms with Crippen LogP contribution in [-0.4, -0.2) is 30.1 Å². The Balaban J connectivity index is 1.51. The number of carbonyl (C=O) groups is 2. The SMILES string of the molecule is Cc1cc(=O)oc2cc(OCC(=O)OCC(=O)Nc3ncc(Cl)cc3Cl)ccc12. The number of hydrogen-bond donors (Lipinski definition) is 1. The summed E-state index contributed by atoms with van der Waals surface area (Å²) in [6.07, 6.45) is 1.32. The van der Waals surface area contributed by atoms with Crippen molar-refractivity contribution in [2.75, 3.05) is 18.5 Å². The number of halogens is 2. The lowest BCUT2D eigenvalue weighted by Gasteiger charge is -2.09. The lowest BCUT2D eigenvalue weighted by atomic mass is 10.1. The Morgan fingerprint density at radius 3 is 2.72 bits per heavy atom. The summed E-state index contributed by atoms with van der Waals surface area (Å²) < 4.78 is 15.3. The fourth-order valence-electron chi connectivity index (χ4n) is 2.40. The van der Waals surface area contributed by atoms with Crippen LogP contribution in [0.15, 0.2) is 45.7 Å². The van der Waals surface area contributed by atoms with E-state index < -0.39 is 30.7 Å². The first-order chi connectivity index (χ1) is 13.8. The molecule has 150 valence electrons. The minimum Gasteiger partial charge on any atom is -0.482 e. The number of anilines is 1. The average Bonchev–Trinajstić information content (AvgIpc) is 2.66. The first kappa shape index (κ1) is 20.6. The Kier molecular flexibility index (Phi) is 6.36. The number of hydrogen-bond acceptors (Lipinski definition) is 7. The van der Waals surface area contributed by atoms with Crippen LogP contribution in [0.1, 0.15) is 5.56 Å². The van der Waals surface area contributed by atoms with E-state index in [-0.39, 0.29) is 10.8 Å². The summed E-state index contributed by atoms with van der Waals surface area (Å²) in [6.45, 7) is 0.804. The molecule has 10 heteroatoms. The van der Waals surface area contributed by atoms with Gasteiger partial charge in [0.2, 0.25) is 0 Å². The third-order valence-electron chi connectivity index (χ3n) is 3.71. The Labute approximate surface area is 174 Å². The molecule has 0 fully saturated rings. The van der Waals surface area contributed by atoms with E-state index in [1.807, 2.05) is 0 Å². The number of carbonyl (C=O) groups excluding carboxylic acids is 2. The maximum absolute atomic E-state index is 11.8. The number of ether oxygens (including phenoxy) is 2. The van der Waals surface area contributed by atoms with Crippen molar-refractivity contribution in [1.82, 2.24) is 4.98 Å². The van der Waals surface area contributed by atoms with Crippen molar-refractivity contribution in [2.24, 2.45) is 0 Å². The van der Waals surface area contributed by atoms with Crippen molar-refractivity contribution in [1.29, 1.82) is 0 Å². The van der Waals surface area contributed by atoms with Gasteiger partial charge in [-0.15, -0.1) is 0 Å². The summed E-state index contributed by atoms with van der Waals surface area (Å²) in [5, 5.41) is 3.62. The van der Waals surface area contributed by atoms with Crippen molar-refractivity contribution < 1.29 is 23.5 Å². The number of nitrogens with one attached hydrogen (secondary N) is 1. The monoisotopic (exact) mass is 436 g/mol. The highest BCUT2D eigenvalue weighted by molar-refractivity contribution is 6.36. The van der Waals surface area contributed by atoms with Gasteiger partial charge in [0.15, 0.2) is 19.0 Å². The van der Waals surface area contributed by atoms with Gasteiger partial charge in [0.1, 0.15) is 11.3 Å². The first-order valence-electron chi connectivity index (χ1n) is 8.25. The molecule has 0 atom stereocenters. The number of nitrogens with zero attached hydrogens (tertiary/aromatic N) is 1. The molecule has 0 radical (unpaired) electrons. The molecule has 1 amide bonds. The third-order valence-corrected chi connectivity index (χ3v) is 4.20. The summed E-state index contributed by atoms with van der Waals surface area (Å²) in [7, 11) is 0. The fourth-order valence-corrected chi connectivity index (χ4v) is 2.83. The van der Waals surface area contributed by atoms with Crippen molar-refractivity contribution in [3.05, 3.63) is 62.6 Å². The summed E-state index contributed by atoms with van der Waals surface area (Å²) in [6, 6.07) is 7.64. The number of pyridine rings is 1. The molecular formula is C19H14Cl2N2O6. The minimum absolute atomic E-state index is 0.0984. The van der Waals surface area contributed by atoms with Crippen molar-refractivity contribution in [3.63, 3.8) is 0 Å². The van der Waals surface area contributed by atoms with Crippen LogP contribution >= 0.6 is 23.2 Å². The van der Waals surface area contributed by atoms with Gasteiger partial charge in [-0.3, -0.25) is 4.79 Å². The Morgan fingerprint density at radius 2 is 1.97 bits per heavy atom. The average molecular weight is 437 g/mol. The molecule has 0 saturated carbocycles. The third kappa shape index (κ3) is 5.46. The highest BCUT2D eigenvalue weighted by Gasteiger charge is 2.12. The van der Waals surface area contributed by atoms with Gasteiger partial charge in [0.25, 0.3) is 5.91 Å². The predicted molar refractivity (Wildman–Crippen MR) is 107 cm³/mol. The van der Waals surface area contributed by atoms with E-state index in [4.69, 9.17) is 37.1 Å². The molecule has 1 aromatic carbocycles. The topological polar surface area (TPSA) is 108 Å². The van der Waals surface area contributed by atoms with Gasteiger partial charge in [0, 0.05) is 23.7 Å². The zero-order valence-corrected chi connectivity index (χ0v) is 16.5. The number of rotatable bonds is 6. The molecule has 0 saturated heterocycles. The standard InChI is InChI=1S/C19H14Cl2N2O6/c1-10-4-17(25)29-15-6-12(2-3-13(10)15)27-9-18(26)28-8-16(24)23-19-14(21)5-11(20)7-22-19/h2-7H,8-9H2,1H3,(H,22,23,24). The van der Waals surface area contributed by atoms with Crippen molar-refractivity contribution in [3.8, 4) is 5.75 Å². The van der Waals surface area contributed by atoms with E-state index in [0.717, 1.165) is 10.9 Å². The molecule has 0 spiro atoms. The molecule has 8 nitrogen and oxygen atoms in total. The highest BCUT2D eigenvalue weighted by Crippen LogP contribution is 2.23. The Hall–Kier alpha value is -3.10. The van der Waals surface area contributed by atoms with E-state index in [1.165, 1.54) is 24.4 Å². The van der Waals surface area contributed by atoms with Crippen LogP contribution in [0.25, 0.3) is 11.0 Å². The molecule has 1 N–H and O–H groups in total. The lowest BCUT2D eigenvalue weighted by molar-refractivity contribution is -0.149. The van der Waals surface area contributed by atoms with Crippen LogP contribution in [0.5, 0.6) is 5.75 Å². The second kappa shape index (κ2) is 8.93. The molecular weight excluding hydrogens is 423 g/mol. The van der Waals surface area contributed by atoms with Gasteiger partial charge >= 0.3 is 11.6 Å². The quantitative estimate of drug-likeness (QED) is 0.465. The molecule has 0 aliphatic carbocycles. The van der Waals surface area contributed by atoms with Crippen LogP contribution in [0.2, 0.25) is 10.0 Å². The van der Waals surface area contributed by atoms with Gasteiger partial charge < -0.3 is 19.2 Å². The summed E-state index contributed by atoms with van der Waals surface area (Å²) in [5.41, 5.74) is 0.629. The van der Waals surface area contributed by atoms with Gasteiger partial charge in [-0.2, -0.15) is 0 Å². The van der Waals surface area contributed by atoms with Crippen LogP contribution in [0.3, 0.4) is 0 Å². The molecule has 0 aliphatic heterocycles. The van der Waals surface area contributed by atoms with Gasteiger partial charge in [-0.1, -0.05) is 23.2 Å².